The molecule has 3 nitrogen and oxygen atoms in total. The van der Waals surface area contributed by atoms with Crippen molar-refractivity contribution in [3.63, 3.8) is 0 Å². The third-order valence-corrected chi connectivity index (χ3v) is 2.99. The van der Waals surface area contributed by atoms with Crippen molar-refractivity contribution in [1.29, 1.82) is 5.26 Å². The molecule has 1 saturated heterocycles. The fourth-order valence-electron chi connectivity index (χ4n) is 2.13. The van der Waals surface area contributed by atoms with Crippen molar-refractivity contribution >= 4 is 5.91 Å². The second kappa shape index (κ2) is 3.37. The first-order chi connectivity index (χ1) is 6.03. The Morgan fingerprint density at radius 1 is 1.69 bits per heavy atom. The van der Waals surface area contributed by atoms with E-state index in [0.29, 0.717) is 6.54 Å². The molecule has 0 aromatic heterocycles. The minimum absolute atomic E-state index is 0.0447. The average Bonchev–Trinajstić information content (AvgIpc) is 2.08. The lowest BCUT2D eigenvalue weighted by atomic mass is 9.68. The van der Waals surface area contributed by atoms with E-state index in [9.17, 15) is 4.79 Å². The summed E-state index contributed by atoms with van der Waals surface area (Å²) in [6, 6.07) is 2.10. The Morgan fingerprint density at radius 3 is 2.69 bits per heavy atom. The molecule has 0 aliphatic carbocycles. The molecule has 0 aromatic carbocycles. The van der Waals surface area contributed by atoms with E-state index in [1.807, 2.05) is 6.92 Å². The van der Waals surface area contributed by atoms with Crippen LogP contribution >= 0.6 is 0 Å². The molecule has 0 saturated carbocycles. The molecule has 1 rings (SSSR count). The highest BCUT2D eigenvalue weighted by molar-refractivity contribution is 5.82. The van der Waals surface area contributed by atoms with Crippen LogP contribution in [0.25, 0.3) is 0 Å². The molecule has 1 heterocycles. The van der Waals surface area contributed by atoms with Crippen LogP contribution in [-0.4, -0.2) is 12.5 Å². The lowest BCUT2D eigenvalue weighted by molar-refractivity contribution is -0.130. The van der Waals surface area contributed by atoms with Gasteiger partial charge in [-0.05, 0) is 11.3 Å². The second-order valence-electron chi connectivity index (χ2n) is 4.33. The smallest absolute Gasteiger partial charge is 0.237 e. The maximum absolute atomic E-state index is 11.3. The number of nitriles is 1. The van der Waals surface area contributed by atoms with Gasteiger partial charge >= 0.3 is 0 Å². The van der Waals surface area contributed by atoms with Crippen molar-refractivity contribution < 1.29 is 4.79 Å². The standard InChI is InChI=1S/C10H16N2O/c1-4-8-7(5-11)9(13)12-6-10(8,2)3/h7-8H,4,6H2,1-3H3,(H,12,13)/t7-,8-/m0/s1. The molecule has 13 heavy (non-hydrogen) atoms. The maximum Gasteiger partial charge on any atom is 0.237 e. The number of hydrogen-bond donors (Lipinski definition) is 1. The summed E-state index contributed by atoms with van der Waals surface area (Å²) < 4.78 is 0. The summed E-state index contributed by atoms with van der Waals surface area (Å²) in [5.74, 6) is -0.381. The first-order valence-corrected chi connectivity index (χ1v) is 4.70. The maximum atomic E-state index is 11.3. The van der Waals surface area contributed by atoms with Crippen molar-refractivity contribution in [2.45, 2.75) is 27.2 Å². The third kappa shape index (κ3) is 1.67. The van der Waals surface area contributed by atoms with E-state index in [4.69, 9.17) is 5.26 Å². The minimum Gasteiger partial charge on any atom is -0.354 e. The monoisotopic (exact) mass is 180 g/mol. The van der Waals surface area contributed by atoms with E-state index >= 15 is 0 Å². The van der Waals surface area contributed by atoms with E-state index < -0.39 is 5.92 Å². The molecular formula is C10H16N2O. The van der Waals surface area contributed by atoms with Gasteiger partial charge in [0, 0.05) is 6.54 Å². The fourth-order valence-corrected chi connectivity index (χ4v) is 2.13. The molecule has 0 bridgehead atoms. The number of nitrogens with one attached hydrogen (secondary N) is 1. The molecule has 0 spiro atoms. The van der Waals surface area contributed by atoms with Crippen molar-refractivity contribution in [3.05, 3.63) is 0 Å². The normalized spacial score (nSPS) is 32.0. The summed E-state index contributed by atoms with van der Waals surface area (Å²) in [4.78, 5) is 11.3. The largest absolute Gasteiger partial charge is 0.354 e. The van der Waals surface area contributed by atoms with Crippen LogP contribution in [0.3, 0.4) is 0 Å². The van der Waals surface area contributed by atoms with E-state index in [-0.39, 0.29) is 17.2 Å². The van der Waals surface area contributed by atoms with E-state index in [0.717, 1.165) is 6.42 Å². The van der Waals surface area contributed by atoms with Gasteiger partial charge in [0.1, 0.15) is 5.92 Å². The van der Waals surface area contributed by atoms with Gasteiger partial charge < -0.3 is 5.32 Å². The number of amides is 1. The number of carbonyl (C=O) groups is 1. The van der Waals surface area contributed by atoms with Crippen LogP contribution in [0.4, 0.5) is 0 Å². The predicted molar refractivity (Wildman–Crippen MR) is 49.7 cm³/mol. The zero-order valence-corrected chi connectivity index (χ0v) is 8.42. The Kier molecular flexibility index (Phi) is 2.60. The lowest BCUT2D eigenvalue weighted by Crippen LogP contribution is -2.51. The van der Waals surface area contributed by atoms with Gasteiger partial charge in [-0.25, -0.2) is 0 Å². The Bertz CT molecular complexity index is 252. The first kappa shape index (κ1) is 10.0. The molecule has 0 aromatic rings. The van der Waals surface area contributed by atoms with Crippen LogP contribution in [0, 0.1) is 28.6 Å². The van der Waals surface area contributed by atoms with E-state index in [1.165, 1.54) is 0 Å². The molecule has 72 valence electrons. The highest BCUT2D eigenvalue weighted by Gasteiger charge is 2.42. The van der Waals surface area contributed by atoms with Crippen LogP contribution < -0.4 is 5.32 Å². The minimum atomic E-state index is -0.464. The number of carbonyl (C=O) groups excluding carboxylic acids is 1. The third-order valence-electron chi connectivity index (χ3n) is 2.99. The van der Waals surface area contributed by atoms with Gasteiger partial charge in [0.05, 0.1) is 6.07 Å². The summed E-state index contributed by atoms with van der Waals surface area (Å²) in [6.07, 6.45) is 0.888. The number of rotatable bonds is 1. The molecule has 0 unspecified atom stereocenters. The van der Waals surface area contributed by atoms with Crippen LogP contribution in [-0.2, 0) is 4.79 Å². The first-order valence-electron chi connectivity index (χ1n) is 4.70. The predicted octanol–water partition coefficient (Wildman–Crippen LogP) is 1.31. The Hall–Kier alpha value is -1.04. The SMILES string of the molecule is CC[C@H]1[C@H](C#N)C(=O)NCC1(C)C. The molecule has 0 radical (unpaired) electrons. The van der Waals surface area contributed by atoms with Crippen LogP contribution in [0.5, 0.6) is 0 Å². The Morgan fingerprint density at radius 2 is 2.31 bits per heavy atom. The van der Waals surface area contributed by atoms with E-state index in [2.05, 4.69) is 25.2 Å². The van der Waals surface area contributed by atoms with Gasteiger partial charge in [-0.15, -0.1) is 0 Å². The molecular weight excluding hydrogens is 164 g/mol. The fraction of sp³-hybridized carbons (Fsp3) is 0.800. The Labute approximate surface area is 79.1 Å². The molecule has 1 fully saturated rings. The molecule has 1 aliphatic rings. The van der Waals surface area contributed by atoms with E-state index in [1.54, 1.807) is 0 Å². The highest BCUT2D eigenvalue weighted by Crippen LogP contribution is 2.37. The van der Waals surface area contributed by atoms with Gasteiger partial charge in [-0.2, -0.15) is 5.26 Å². The summed E-state index contributed by atoms with van der Waals surface area (Å²) in [5, 5.41) is 11.7. The topological polar surface area (TPSA) is 52.9 Å². The number of nitrogens with zero attached hydrogens (tertiary/aromatic N) is 1. The number of piperidine rings is 1. The average molecular weight is 180 g/mol. The van der Waals surface area contributed by atoms with Crippen molar-refractivity contribution in [2.24, 2.45) is 17.3 Å². The lowest BCUT2D eigenvalue weighted by Gasteiger charge is -2.40. The van der Waals surface area contributed by atoms with Crippen LogP contribution in [0.15, 0.2) is 0 Å². The van der Waals surface area contributed by atoms with Gasteiger partial charge in [0.15, 0.2) is 0 Å². The highest BCUT2D eigenvalue weighted by atomic mass is 16.2. The zero-order chi connectivity index (χ0) is 10.1. The van der Waals surface area contributed by atoms with Crippen LogP contribution in [0.2, 0.25) is 0 Å². The van der Waals surface area contributed by atoms with Gasteiger partial charge in [-0.1, -0.05) is 27.2 Å². The summed E-state index contributed by atoms with van der Waals surface area (Å²) in [5.41, 5.74) is 0.0447. The van der Waals surface area contributed by atoms with Gasteiger partial charge in [0.25, 0.3) is 0 Å². The zero-order valence-electron chi connectivity index (χ0n) is 8.42. The number of hydrogen-bond acceptors (Lipinski definition) is 2. The van der Waals surface area contributed by atoms with Crippen molar-refractivity contribution in [3.8, 4) is 6.07 Å². The molecule has 1 aliphatic heterocycles. The summed E-state index contributed by atoms with van der Waals surface area (Å²) in [7, 11) is 0. The van der Waals surface area contributed by atoms with Crippen LogP contribution in [0.1, 0.15) is 27.2 Å². The quantitative estimate of drug-likeness (QED) is 0.661. The van der Waals surface area contributed by atoms with Gasteiger partial charge in [-0.3, -0.25) is 4.79 Å². The summed E-state index contributed by atoms with van der Waals surface area (Å²) in [6.45, 7) is 6.92. The van der Waals surface area contributed by atoms with Crippen molar-refractivity contribution in [1.82, 2.24) is 5.32 Å². The molecule has 2 atom stereocenters. The molecule has 1 N–H and O–H groups in total. The van der Waals surface area contributed by atoms with Gasteiger partial charge in [0.2, 0.25) is 5.91 Å². The second-order valence-corrected chi connectivity index (χ2v) is 4.33. The summed E-state index contributed by atoms with van der Waals surface area (Å²) >= 11 is 0. The molecule has 1 amide bonds. The Balaban J connectivity index is 2.91. The molecule has 3 heteroatoms. The van der Waals surface area contributed by atoms with Crippen molar-refractivity contribution in [2.75, 3.05) is 6.54 Å².